The number of aliphatic hydroxyl groups excluding tert-OH is 1. The average molecular weight is 286 g/mol. The van der Waals surface area contributed by atoms with Crippen LogP contribution < -0.4 is 0 Å². The van der Waals surface area contributed by atoms with E-state index in [1.807, 2.05) is 18.7 Å². The molecule has 4 nitrogen and oxygen atoms in total. The molecule has 1 aromatic heterocycles. The lowest BCUT2D eigenvalue weighted by atomic mass is 9.82. The number of nitrogens with zero attached hydrogens (tertiary/aromatic N) is 2. The Hall–Kier alpha value is -0.170. The third-order valence-electron chi connectivity index (χ3n) is 4.00. The fourth-order valence-electron chi connectivity index (χ4n) is 2.92. The standard InChI is InChI=1S/C12H18N2O2S2/c1-8-11(18-14-13-8)10(15)9-2-4-16-12(6-9)3-5-17-7-12/h9-10,15H,2-7H2,1H3. The van der Waals surface area contributed by atoms with Crippen LogP contribution in [0.1, 0.15) is 35.9 Å². The van der Waals surface area contributed by atoms with Crippen molar-refractivity contribution in [2.45, 2.75) is 37.9 Å². The maximum absolute atomic E-state index is 10.5. The van der Waals surface area contributed by atoms with E-state index in [9.17, 15) is 5.11 Å². The molecular weight excluding hydrogens is 268 g/mol. The average Bonchev–Trinajstić information content (AvgIpc) is 2.98. The van der Waals surface area contributed by atoms with Crippen molar-refractivity contribution < 1.29 is 9.84 Å². The van der Waals surface area contributed by atoms with E-state index in [0.717, 1.165) is 42.2 Å². The number of aliphatic hydroxyl groups is 1. The Morgan fingerprint density at radius 3 is 3.11 bits per heavy atom. The van der Waals surface area contributed by atoms with Crippen LogP contribution in [0.3, 0.4) is 0 Å². The zero-order chi connectivity index (χ0) is 12.6. The molecule has 1 N–H and O–H groups in total. The molecule has 2 fully saturated rings. The number of hydrogen-bond acceptors (Lipinski definition) is 6. The zero-order valence-corrected chi connectivity index (χ0v) is 12.1. The molecule has 3 heterocycles. The molecule has 0 radical (unpaired) electrons. The molecule has 0 amide bonds. The molecule has 6 heteroatoms. The van der Waals surface area contributed by atoms with Crippen molar-refractivity contribution in [2.75, 3.05) is 18.1 Å². The highest BCUT2D eigenvalue weighted by molar-refractivity contribution is 7.99. The van der Waals surface area contributed by atoms with E-state index in [2.05, 4.69) is 9.59 Å². The Kier molecular flexibility index (Phi) is 3.62. The van der Waals surface area contributed by atoms with Crippen molar-refractivity contribution >= 4 is 23.3 Å². The summed E-state index contributed by atoms with van der Waals surface area (Å²) in [6.45, 7) is 2.69. The van der Waals surface area contributed by atoms with Gasteiger partial charge in [0.2, 0.25) is 0 Å². The second-order valence-corrected chi connectivity index (χ2v) is 7.15. The lowest BCUT2D eigenvalue weighted by Gasteiger charge is -2.39. The SMILES string of the molecule is Cc1nnsc1C(O)C1CCOC2(CCSC2)C1. The lowest BCUT2D eigenvalue weighted by molar-refractivity contribution is -0.101. The van der Waals surface area contributed by atoms with Crippen molar-refractivity contribution in [1.29, 1.82) is 0 Å². The van der Waals surface area contributed by atoms with Gasteiger partial charge in [-0.15, -0.1) is 5.10 Å². The first kappa shape index (κ1) is 12.8. The summed E-state index contributed by atoms with van der Waals surface area (Å²) >= 11 is 3.29. The molecule has 3 rings (SSSR count). The summed E-state index contributed by atoms with van der Waals surface area (Å²) < 4.78 is 9.92. The Morgan fingerprint density at radius 1 is 1.56 bits per heavy atom. The number of rotatable bonds is 2. The number of thioether (sulfide) groups is 1. The summed E-state index contributed by atoms with van der Waals surface area (Å²) in [5.41, 5.74) is 0.898. The monoisotopic (exact) mass is 286 g/mol. The van der Waals surface area contributed by atoms with Gasteiger partial charge in [-0.3, -0.25) is 0 Å². The van der Waals surface area contributed by atoms with Crippen molar-refractivity contribution in [2.24, 2.45) is 5.92 Å². The van der Waals surface area contributed by atoms with Crippen LogP contribution in [0.25, 0.3) is 0 Å². The first-order valence-electron chi connectivity index (χ1n) is 6.39. The molecule has 18 heavy (non-hydrogen) atoms. The lowest BCUT2D eigenvalue weighted by Crippen LogP contribution is -2.41. The molecule has 0 aromatic carbocycles. The highest BCUT2D eigenvalue weighted by Crippen LogP contribution is 2.44. The number of aryl methyl sites for hydroxylation is 1. The third-order valence-corrected chi connectivity index (χ3v) is 6.12. The van der Waals surface area contributed by atoms with E-state index < -0.39 is 6.10 Å². The van der Waals surface area contributed by atoms with Gasteiger partial charge in [0.25, 0.3) is 0 Å². The third kappa shape index (κ3) is 2.31. The van der Waals surface area contributed by atoms with Gasteiger partial charge in [-0.25, -0.2) is 0 Å². The number of ether oxygens (including phenoxy) is 1. The van der Waals surface area contributed by atoms with Crippen LogP contribution in [0.4, 0.5) is 0 Å². The summed E-state index contributed by atoms with van der Waals surface area (Å²) in [6, 6.07) is 0. The first-order chi connectivity index (χ1) is 8.70. The van der Waals surface area contributed by atoms with E-state index in [4.69, 9.17) is 4.74 Å². The molecule has 0 aliphatic carbocycles. The van der Waals surface area contributed by atoms with Crippen molar-refractivity contribution in [3.63, 3.8) is 0 Å². The Labute approximate surface area is 115 Å². The second kappa shape index (κ2) is 5.07. The number of aromatic nitrogens is 2. The summed E-state index contributed by atoms with van der Waals surface area (Å²) in [6.07, 6.45) is 2.61. The molecule has 3 unspecified atom stereocenters. The first-order valence-corrected chi connectivity index (χ1v) is 8.32. The smallest absolute Gasteiger partial charge is 0.0946 e. The van der Waals surface area contributed by atoms with E-state index in [1.165, 1.54) is 17.3 Å². The Balaban J connectivity index is 1.74. The highest BCUT2D eigenvalue weighted by atomic mass is 32.2. The van der Waals surface area contributed by atoms with Crippen LogP contribution >= 0.6 is 23.3 Å². The number of hydrogen-bond donors (Lipinski definition) is 1. The minimum Gasteiger partial charge on any atom is -0.387 e. The van der Waals surface area contributed by atoms with Crippen molar-refractivity contribution in [3.8, 4) is 0 Å². The van der Waals surface area contributed by atoms with Gasteiger partial charge in [0.05, 0.1) is 22.3 Å². The van der Waals surface area contributed by atoms with Gasteiger partial charge in [0, 0.05) is 12.4 Å². The molecule has 3 atom stereocenters. The quantitative estimate of drug-likeness (QED) is 0.903. The molecule has 1 spiro atoms. The van der Waals surface area contributed by atoms with Crippen LogP contribution in [0.2, 0.25) is 0 Å². The molecule has 2 saturated heterocycles. The van der Waals surface area contributed by atoms with E-state index in [0.29, 0.717) is 5.92 Å². The summed E-state index contributed by atoms with van der Waals surface area (Å²) in [7, 11) is 0. The highest BCUT2D eigenvalue weighted by Gasteiger charge is 2.43. The maximum Gasteiger partial charge on any atom is 0.0946 e. The minimum absolute atomic E-state index is 0.0284. The van der Waals surface area contributed by atoms with Crippen LogP contribution in [0.5, 0.6) is 0 Å². The topological polar surface area (TPSA) is 55.2 Å². The van der Waals surface area contributed by atoms with Crippen LogP contribution in [0, 0.1) is 12.8 Å². The van der Waals surface area contributed by atoms with Crippen molar-refractivity contribution in [3.05, 3.63) is 10.6 Å². The molecule has 0 saturated carbocycles. The van der Waals surface area contributed by atoms with Crippen molar-refractivity contribution in [1.82, 2.24) is 9.59 Å². The van der Waals surface area contributed by atoms with Crippen LogP contribution in [-0.4, -0.2) is 38.4 Å². The second-order valence-electron chi connectivity index (χ2n) is 5.25. The fourth-order valence-corrected chi connectivity index (χ4v) is 5.02. The molecule has 2 aliphatic heterocycles. The predicted octanol–water partition coefficient (Wildman–Crippen LogP) is 2.18. The Morgan fingerprint density at radius 2 is 2.44 bits per heavy atom. The van der Waals surface area contributed by atoms with E-state index in [-0.39, 0.29) is 5.60 Å². The van der Waals surface area contributed by atoms with Gasteiger partial charge in [0.1, 0.15) is 0 Å². The predicted molar refractivity (Wildman–Crippen MR) is 73.0 cm³/mol. The molecule has 1 aromatic rings. The van der Waals surface area contributed by atoms with Gasteiger partial charge < -0.3 is 9.84 Å². The van der Waals surface area contributed by atoms with Crippen LogP contribution in [0.15, 0.2) is 0 Å². The molecule has 2 aliphatic rings. The van der Waals surface area contributed by atoms with E-state index in [1.54, 1.807) is 0 Å². The summed E-state index contributed by atoms with van der Waals surface area (Å²) in [5.74, 6) is 2.55. The molecular formula is C12H18N2O2S2. The molecule has 100 valence electrons. The van der Waals surface area contributed by atoms with Crippen LogP contribution in [-0.2, 0) is 4.74 Å². The maximum atomic E-state index is 10.5. The molecule has 0 bridgehead atoms. The van der Waals surface area contributed by atoms with E-state index >= 15 is 0 Å². The summed E-state index contributed by atoms with van der Waals surface area (Å²) in [4.78, 5) is 0.933. The van der Waals surface area contributed by atoms with Gasteiger partial charge >= 0.3 is 0 Å². The Bertz CT molecular complexity index is 418. The largest absolute Gasteiger partial charge is 0.387 e. The van der Waals surface area contributed by atoms with Gasteiger partial charge in [-0.2, -0.15) is 11.8 Å². The fraction of sp³-hybridized carbons (Fsp3) is 0.833. The van der Waals surface area contributed by atoms with Gasteiger partial charge in [-0.1, -0.05) is 4.49 Å². The summed E-state index contributed by atoms with van der Waals surface area (Å²) in [5, 5.41) is 14.5. The van der Waals surface area contributed by atoms with Gasteiger partial charge in [-0.05, 0) is 49.4 Å². The minimum atomic E-state index is -0.420. The zero-order valence-electron chi connectivity index (χ0n) is 10.5. The van der Waals surface area contributed by atoms with Gasteiger partial charge in [0.15, 0.2) is 0 Å². The normalized spacial score (nSPS) is 34.0.